The first-order chi connectivity index (χ1) is 9.16. The van der Waals surface area contributed by atoms with Gasteiger partial charge in [-0.1, -0.05) is 12.8 Å². The molecule has 3 heterocycles. The second kappa shape index (κ2) is 4.96. The number of hydrogen-bond acceptors (Lipinski definition) is 3. The summed E-state index contributed by atoms with van der Waals surface area (Å²) in [5, 5.41) is 5.50. The Kier molecular flexibility index (Phi) is 3.31. The van der Waals surface area contributed by atoms with Crippen LogP contribution in [0, 0.1) is 6.92 Å². The van der Waals surface area contributed by atoms with Gasteiger partial charge < -0.3 is 4.90 Å². The Morgan fingerprint density at radius 1 is 1.26 bits per heavy atom. The third-order valence-electron chi connectivity index (χ3n) is 3.80. The highest BCUT2D eigenvalue weighted by Crippen LogP contribution is 2.29. The normalized spacial score (nSPS) is 16.8. The zero-order valence-electron chi connectivity index (χ0n) is 11.5. The number of likely N-dealkylation sites (tertiary alicyclic amines) is 1. The minimum Gasteiger partial charge on any atom is -0.338 e. The van der Waals surface area contributed by atoms with Gasteiger partial charge in [-0.2, -0.15) is 5.10 Å². The van der Waals surface area contributed by atoms with Gasteiger partial charge >= 0.3 is 0 Å². The van der Waals surface area contributed by atoms with Crippen LogP contribution in [0.5, 0.6) is 0 Å². The van der Waals surface area contributed by atoms with Crippen LogP contribution in [0.3, 0.4) is 0 Å². The van der Waals surface area contributed by atoms with Crippen LogP contribution >= 0.6 is 11.3 Å². The molecule has 1 amide bonds. The lowest BCUT2D eigenvalue weighted by Gasteiger charge is -2.19. The predicted molar refractivity (Wildman–Crippen MR) is 77.7 cm³/mol. The average molecular weight is 277 g/mol. The lowest BCUT2D eigenvalue weighted by molar-refractivity contribution is 0.0766. The number of aryl methyl sites for hydroxylation is 2. The number of thiophene rings is 1. The van der Waals surface area contributed by atoms with Crippen molar-refractivity contribution in [1.82, 2.24) is 14.7 Å². The van der Waals surface area contributed by atoms with Gasteiger partial charge in [0.1, 0.15) is 4.83 Å². The predicted octanol–water partition coefficient (Wildman–Crippen LogP) is 2.96. The zero-order chi connectivity index (χ0) is 13.4. The van der Waals surface area contributed by atoms with Gasteiger partial charge in [-0.05, 0) is 25.8 Å². The van der Waals surface area contributed by atoms with Crippen molar-refractivity contribution in [2.45, 2.75) is 32.6 Å². The molecule has 0 radical (unpaired) electrons. The van der Waals surface area contributed by atoms with E-state index in [2.05, 4.69) is 5.10 Å². The molecule has 0 saturated carbocycles. The smallest absolute Gasteiger partial charge is 0.264 e. The molecule has 0 aliphatic carbocycles. The molecule has 19 heavy (non-hydrogen) atoms. The minimum absolute atomic E-state index is 0.197. The molecule has 1 saturated heterocycles. The van der Waals surface area contributed by atoms with E-state index in [4.69, 9.17) is 0 Å². The molecule has 0 bridgehead atoms. The number of aromatic nitrogens is 2. The van der Waals surface area contributed by atoms with Crippen LogP contribution in [0.15, 0.2) is 6.07 Å². The maximum atomic E-state index is 12.5. The molecule has 0 N–H and O–H groups in total. The SMILES string of the molecule is Cc1nn(C)c2sc(C(=O)N3CCCCCC3)cc12. The monoisotopic (exact) mass is 277 g/mol. The summed E-state index contributed by atoms with van der Waals surface area (Å²) in [5.41, 5.74) is 1.00. The molecule has 0 unspecified atom stereocenters. The molecule has 0 spiro atoms. The number of carbonyl (C=O) groups is 1. The molecule has 4 nitrogen and oxygen atoms in total. The summed E-state index contributed by atoms with van der Waals surface area (Å²) in [5.74, 6) is 0.197. The van der Waals surface area contributed by atoms with E-state index in [-0.39, 0.29) is 5.91 Å². The van der Waals surface area contributed by atoms with Crippen LogP contribution in [0.4, 0.5) is 0 Å². The molecular weight excluding hydrogens is 258 g/mol. The highest BCUT2D eigenvalue weighted by Gasteiger charge is 2.21. The second-order valence-corrected chi connectivity index (χ2v) is 6.28. The Morgan fingerprint density at radius 3 is 2.58 bits per heavy atom. The van der Waals surface area contributed by atoms with E-state index in [1.165, 1.54) is 12.8 Å². The summed E-state index contributed by atoms with van der Waals surface area (Å²) in [6.45, 7) is 3.81. The lowest BCUT2D eigenvalue weighted by atomic mass is 10.2. The van der Waals surface area contributed by atoms with Crippen molar-refractivity contribution in [2.75, 3.05) is 13.1 Å². The molecular formula is C14H19N3OS. The van der Waals surface area contributed by atoms with Gasteiger partial charge in [-0.15, -0.1) is 11.3 Å². The Hall–Kier alpha value is -1.36. The second-order valence-electron chi connectivity index (χ2n) is 5.24. The van der Waals surface area contributed by atoms with Crippen molar-refractivity contribution in [1.29, 1.82) is 0 Å². The number of rotatable bonds is 1. The molecule has 1 aliphatic heterocycles. The largest absolute Gasteiger partial charge is 0.338 e. The standard InChI is InChI=1S/C14H19N3OS/c1-10-11-9-12(19-14(11)16(2)15-10)13(18)17-7-5-3-4-6-8-17/h9H,3-8H2,1-2H3. The van der Waals surface area contributed by atoms with Crippen LogP contribution in [0.1, 0.15) is 41.0 Å². The lowest BCUT2D eigenvalue weighted by Crippen LogP contribution is -2.31. The number of fused-ring (bicyclic) bond motifs is 1. The first-order valence-corrected chi connectivity index (χ1v) is 7.71. The van der Waals surface area contributed by atoms with Gasteiger partial charge in [0.05, 0.1) is 10.6 Å². The number of carbonyl (C=O) groups excluding carboxylic acids is 1. The molecule has 0 atom stereocenters. The summed E-state index contributed by atoms with van der Waals surface area (Å²) in [6.07, 6.45) is 4.77. The van der Waals surface area contributed by atoms with E-state index in [1.54, 1.807) is 11.3 Å². The Morgan fingerprint density at radius 2 is 1.95 bits per heavy atom. The quantitative estimate of drug-likeness (QED) is 0.803. The van der Waals surface area contributed by atoms with Crippen LogP contribution in [0.25, 0.3) is 10.2 Å². The molecule has 1 aliphatic rings. The van der Waals surface area contributed by atoms with E-state index in [0.29, 0.717) is 0 Å². The maximum absolute atomic E-state index is 12.5. The van der Waals surface area contributed by atoms with Crippen molar-refractivity contribution in [2.24, 2.45) is 7.05 Å². The third kappa shape index (κ3) is 2.27. The Bertz CT molecular complexity index is 571. The summed E-state index contributed by atoms with van der Waals surface area (Å²) in [6, 6.07) is 2.01. The van der Waals surface area contributed by atoms with E-state index in [1.807, 2.05) is 29.6 Å². The molecule has 102 valence electrons. The molecule has 2 aromatic heterocycles. The van der Waals surface area contributed by atoms with Gasteiger partial charge in [0, 0.05) is 25.5 Å². The van der Waals surface area contributed by atoms with Crippen molar-refractivity contribution >= 4 is 27.5 Å². The Labute approximate surface area is 117 Å². The van der Waals surface area contributed by atoms with E-state index in [0.717, 1.165) is 46.7 Å². The molecule has 5 heteroatoms. The van der Waals surface area contributed by atoms with Gasteiger partial charge in [0.25, 0.3) is 5.91 Å². The summed E-state index contributed by atoms with van der Waals surface area (Å²) >= 11 is 1.56. The van der Waals surface area contributed by atoms with Crippen molar-refractivity contribution in [3.05, 3.63) is 16.6 Å². The zero-order valence-corrected chi connectivity index (χ0v) is 12.3. The third-order valence-corrected chi connectivity index (χ3v) is 4.99. The van der Waals surface area contributed by atoms with Crippen molar-refractivity contribution in [3.8, 4) is 0 Å². The number of hydrogen-bond donors (Lipinski definition) is 0. The topological polar surface area (TPSA) is 38.1 Å². The van der Waals surface area contributed by atoms with E-state index in [9.17, 15) is 4.79 Å². The van der Waals surface area contributed by atoms with Crippen LogP contribution in [0.2, 0.25) is 0 Å². The first-order valence-electron chi connectivity index (χ1n) is 6.89. The highest BCUT2D eigenvalue weighted by atomic mass is 32.1. The fourth-order valence-electron chi connectivity index (χ4n) is 2.74. The minimum atomic E-state index is 0.197. The molecule has 3 rings (SSSR count). The summed E-state index contributed by atoms with van der Waals surface area (Å²) in [4.78, 5) is 16.5. The van der Waals surface area contributed by atoms with Crippen molar-refractivity contribution in [3.63, 3.8) is 0 Å². The van der Waals surface area contributed by atoms with E-state index >= 15 is 0 Å². The summed E-state index contributed by atoms with van der Waals surface area (Å²) < 4.78 is 1.87. The van der Waals surface area contributed by atoms with Gasteiger partial charge in [0.15, 0.2) is 0 Å². The van der Waals surface area contributed by atoms with Gasteiger partial charge in [0.2, 0.25) is 0 Å². The van der Waals surface area contributed by atoms with E-state index < -0.39 is 0 Å². The maximum Gasteiger partial charge on any atom is 0.264 e. The van der Waals surface area contributed by atoms with Gasteiger partial charge in [-0.25, -0.2) is 0 Å². The first kappa shape index (κ1) is 12.7. The number of amides is 1. The van der Waals surface area contributed by atoms with Crippen molar-refractivity contribution < 1.29 is 4.79 Å². The van der Waals surface area contributed by atoms with Gasteiger partial charge in [-0.3, -0.25) is 9.48 Å². The Balaban J connectivity index is 1.90. The summed E-state index contributed by atoms with van der Waals surface area (Å²) in [7, 11) is 1.94. The average Bonchev–Trinajstić information content (AvgIpc) is 2.80. The van der Waals surface area contributed by atoms with Crippen LogP contribution < -0.4 is 0 Å². The molecule has 0 aromatic carbocycles. The molecule has 2 aromatic rings. The van der Waals surface area contributed by atoms with Crippen LogP contribution in [-0.4, -0.2) is 33.7 Å². The van der Waals surface area contributed by atoms with Crippen LogP contribution in [-0.2, 0) is 7.05 Å². The fraction of sp³-hybridized carbons (Fsp3) is 0.571. The number of nitrogens with zero attached hydrogens (tertiary/aromatic N) is 3. The highest BCUT2D eigenvalue weighted by molar-refractivity contribution is 7.20. The molecule has 1 fully saturated rings. The fourth-order valence-corrected chi connectivity index (χ4v) is 3.83.